The molecule has 0 amide bonds. The van der Waals surface area contributed by atoms with Gasteiger partial charge in [0.05, 0.1) is 6.21 Å². The zero-order valence-electron chi connectivity index (χ0n) is 12.9. The highest BCUT2D eigenvalue weighted by molar-refractivity contribution is 8.22. The van der Waals surface area contributed by atoms with Crippen LogP contribution < -0.4 is 5.43 Å². The van der Waals surface area contributed by atoms with Crippen LogP contribution in [0, 0.1) is 5.92 Å². The molecule has 1 aromatic rings. The molecule has 0 saturated heterocycles. The molecule has 0 aliphatic heterocycles. The summed E-state index contributed by atoms with van der Waals surface area (Å²) in [5, 5.41) is 4.18. The first-order valence-corrected chi connectivity index (χ1v) is 8.38. The maximum atomic E-state index is 5.13. The van der Waals surface area contributed by atoms with E-state index in [4.69, 9.17) is 12.2 Å². The van der Waals surface area contributed by atoms with Crippen LogP contribution in [0.15, 0.2) is 5.10 Å². The van der Waals surface area contributed by atoms with E-state index >= 15 is 0 Å². The molecule has 0 saturated carbocycles. The van der Waals surface area contributed by atoms with Gasteiger partial charge in [-0.25, -0.2) is 4.98 Å². The number of hydrogen-bond donors (Lipinski definition) is 2. The number of aromatic nitrogens is 2. The SMILES string of the molecule is CCSC(=S)NN=Cc1nc(CC(C)C)[nH]c1C(C)C. The number of aromatic amines is 1. The second kappa shape index (κ2) is 8.42. The number of hydrazone groups is 1. The first kappa shape index (κ1) is 17.2. The lowest BCUT2D eigenvalue weighted by molar-refractivity contribution is 0.623. The van der Waals surface area contributed by atoms with Crippen LogP contribution in [0.5, 0.6) is 0 Å². The summed E-state index contributed by atoms with van der Waals surface area (Å²) in [7, 11) is 0. The van der Waals surface area contributed by atoms with Crippen LogP contribution in [0.4, 0.5) is 0 Å². The summed E-state index contributed by atoms with van der Waals surface area (Å²) in [4.78, 5) is 8.03. The fourth-order valence-electron chi connectivity index (χ4n) is 1.78. The van der Waals surface area contributed by atoms with Gasteiger partial charge in [0.2, 0.25) is 0 Å². The van der Waals surface area contributed by atoms with E-state index in [9.17, 15) is 0 Å². The Morgan fingerprint density at radius 2 is 2.15 bits per heavy atom. The third kappa shape index (κ3) is 5.63. The largest absolute Gasteiger partial charge is 0.345 e. The van der Waals surface area contributed by atoms with Crippen LogP contribution in [0.1, 0.15) is 57.7 Å². The zero-order chi connectivity index (χ0) is 15.1. The molecule has 1 aromatic heterocycles. The van der Waals surface area contributed by atoms with Crippen molar-refractivity contribution in [2.75, 3.05) is 5.75 Å². The first-order chi connectivity index (χ1) is 9.43. The van der Waals surface area contributed by atoms with Crippen molar-refractivity contribution in [2.24, 2.45) is 11.0 Å². The number of nitrogens with zero attached hydrogens (tertiary/aromatic N) is 2. The predicted molar refractivity (Wildman–Crippen MR) is 92.7 cm³/mol. The molecule has 6 heteroatoms. The average molecular weight is 313 g/mol. The standard InChI is InChI=1S/C14H24N4S2/c1-6-20-14(19)18-15-8-11-13(10(4)5)17-12(16-11)7-9(2)3/h8-10H,6-7H2,1-5H3,(H,16,17)(H,18,19). The van der Waals surface area contributed by atoms with Gasteiger partial charge in [0.25, 0.3) is 0 Å². The van der Waals surface area contributed by atoms with Gasteiger partial charge in [0, 0.05) is 12.1 Å². The molecule has 112 valence electrons. The van der Waals surface area contributed by atoms with Crippen molar-refractivity contribution in [3.8, 4) is 0 Å². The summed E-state index contributed by atoms with van der Waals surface area (Å²) >= 11 is 6.69. The van der Waals surface area contributed by atoms with Crippen LogP contribution in [0.3, 0.4) is 0 Å². The molecule has 0 aromatic carbocycles. The number of nitrogens with one attached hydrogen (secondary N) is 2. The zero-order valence-corrected chi connectivity index (χ0v) is 14.5. The third-order valence-electron chi connectivity index (χ3n) is 2.61. The van der Waals surface area contributed by atoms with Crippen molar-refractivity contribution in [3.63, 3.8) is 0 Å². The van der Waals surface area contributed by atoms with E-state index in [1.807, 2.05) is 0 Å². The van der Waals surface area contributed by atoms with Gasteiger partial charge in [-0.05, 0) is 17.6 Å². The number of hydrogen-bond acceptors (Lipinski definition) is 4. The Labute approximate surface area is 131 Å². The number of imidazole rings is 1. The van der Waals surface area contributed by atoms with Gasteiger partial charge in [0.15, 0.2) is 4.32 Å². The van der Waals surface area contributed by atoms with Crippen molar-refractivity contribution in [2.45, 2.75) is 47.0 Å². The van der Waals surface area contributed by atoms with Crippen molar-refractivity contribution in [3.05, 3.63) is 17.2 Å². The highest BCUT2D eigenvalue weighted by Gasteiger charge is 2.12. The normalized spacial score (nSPS) is 11.8. The Balaban J connectivity index is 2.79. The molecule has 20 heavy (non-hydrogen) atoms. The molecule has 0 radical (unpaired) electrons. The number of rotatable bonds is 6. The number of H-pyrrole nitrogens is 1. The summed E-state index contributed by atoms with van der Waals surface area (Å²) in [6, 6.07) is 0. The Bertz CT molecular complexity index is 464. The molecule has 0 aliphatic rings. The molecule has 0 atom stereocenters. The minimum absolute atomic E-state index is 0.391. The number of thiocarbonyl (C=S) groups is 1. The van der Waals surface area contributed by atoms with Gasteiger partial charge < -0.3 is 4.98 Å². The van der Waals surface area contributed by atoms with Crippen molar-refractivity contribution < 1.29 is 0 Å². The maximum Gasteiger partial charge on any atom is 0.154 e. The minimum Gasteiger partial charge on any atom is -0.345 e. The first-order valence-electron chi connectivity index (χ1n) is 6.98. The highest BCUT2D eigenvalue weighted by atomic mass is 32.2. The molecule has 1 rings (SSSR count). The summed E-state index contributed by atoms with van der Waals surface area (Å²) in [5.41, 5.74) is 4.88. The summed E-state index contributed by atoms with van der Waals surface area (Å²) in [6.45, 7) is 10.7. The van der Waals surface area contributed by atoms with Gasteiger partial charge in [-0.15, -0.1) is 0 Å². The topological polar surface area (TPSA) is 53.1 Å². The van der Waals surface area contributed by atoms with Crippen molar-refractivity contribution in [1.82, 2.24) is 15.4 Å². The Morgan fingerprint density at radius 3 is 2.70 bits per heavy atom. The van der Waals surface area contributed by atoms with E-state index in [1.165, 1.54) is 0 Å². The third-order valence-corrected chi connectivity index (χ3v) is 3.69. The average Bonchev–Trinajstić information content (AvgIpc) is 2.71. The van der Waals surface area contributed by atoms with Gasteiger partial charge >= 0.3 is 0 Å². The van der Waals surface area contributed by atoms with Crippen molar-refractivity contribution >= 4 is 34.5 Å². The smallest absolute Gasteiger partial charge is 0.154 e. The van der Waals surface area contributed by atoms with E-state index in [0.717, 1.165) is 29.4 Å². The van der Waals surface area contributed by atoms with E-state index < -0.39 is 0 Å². The fraction of sp³-hybridized carbons (Fsp3) is 0.643. The van der Waals surface area contributed by atoms with Crippen molar-refractivity contribution in [1.29, 1.82) is 0 Å². The quantitative estimate of drug-likeness (QED) is 0.478. The van der Waals surface area contributed by atoms with Crippen LogP contribution in [-0.4, -0.2) is 26.3 Å². The molecule has 0 aliphatic carbocycles. The molecule has 0 bridgehead atoms. The molecule has 0 spiro atoms. The monoisotopic (exact) mass is 312 g/mol. The lowest BCUT2D eigenvalue weighted by Crippen LogP contribution is -2.11. The summed E-state index contributed by atoms with van der Waals surface area (Å²) < 4.78 is 0.688. The second-order valence-corrected chi connectivity index (χ2v) is 7.27. The van der Waals surface area contributed by atoms with Gasteiger partial charge in [-0.1, -0.05) is 58.6 Å². The van der Waals surface area contributed by atoms with Gasteiger partial charge in [0.1, 0.15) is 11.5 Å². The van der Waals surface area contributed by atoms with Gasteiger partial charge in [-0.2, -0.15) is 5.10 Å². The minimum atomic E-state index is 0.391. The molecule has 0 fully saturated rings. The predicted octanol–water partition coefficient (Wildman–Crippen LogP) is 3.69. The summed E-state index contributed by atoms with van der Waals surface area (Å²) in [5.74, 6) is 2.94. The lowest BCUT2D eigenvalue weighted by atomic mass is 10.1. The van der Waals surface area contributed by atoms with E-state index in [-0.39, 0.29) is 0 Å². The fourth-order valence-corrected chi connectivity index (χ4v) is 2.57. The molecular weight excluding hydrogens is 288 g/mol. The highest BCUT2D eigenvalue weighted by Crippen LogP contribution is 2.17. The molecular formula is C14H24N4S2. The molecule has 0 unspecified atom stereocenters. The second-order valence-electron chi connectivity index (χ2n) is 5.33. The Morgan fingerprint density at radius 1 is 1.45 bits per heavy atom. The maximum absolute atomic E-state index is 5.13. The van der Waals surface area contributed by atoms with E-state index in [2.05, 4.69) is 55.1 Å². The lowest BCUT2D eigenvalue weighted by Gasteiger charge is -2.03. The van der Waals surface area contributed by atoms with Crippen LogP contribution in [0.25, 0.3) is 0 Å². The molecule has 1 heterocycles. The van der Waals surface area contributed by atoms with Gasteiger partial charge in [-0.3, -0.25) is 5.43 Å². The van der Waals surface area contributed by atoms with E-state index in [1.54, 1.807) is 18.0 Å². The number of thioether (sulfide) groups is 1. The summed E-state index contributed by atoms with van der Waals surface area (Å²) in [6.07, 6.45) is 2.70. The van der Waals surface area contributed by atoms with Crippen LogP contribution in [-0.2, 0) is 6.42 Å². The molecule has 4 nitrogen and oxygen atoms in total. The Kier molecular flexibility index (Phi) is 7.23. The van der Waals surface area contributed by atoms with E-state index in [0.29, 0.717) is 16.2 Å². The molecule has 2 N–H and O–H groups in total. The van der Waals surface area contributed by atoms with Crippen LogP contribution >= 0.6 is 24.0 Å². The van der Waals surface area contributed by atoms with Crippen LogP contribution in [0.2, 0.25) is 0 Å². The Hall–Kier alpha value is -0.880.